The average Bonchev–Trinajstić information content (AvgIpc) is 3.22. The maximum Gasteiger partial charge on any atom is 0.417 e. The number of carbonyl (C=O) groups is 2. The van der Waals surface area contributed by atoms with Crippen molar-refractivity contribution < 1.29 is 22.8 Å². The third-order valence-corrected chi connectivity index (χ3v) is 4.81. The van der Waals surface area contributed by atoms with Crippen molar-refractivity contribution in [3.8, 4) is 0 Å². The van der Waals surface area contributed by atoms with Crippen molar-refractivity contribution >= 4 is 51.6 Å². The van der Waals surface area contributed by atoms with Crippen molar-refractivity contribution in [2.45, 2.75) is 6.18 Å². The van der Waals surface area contributed by atoms with Gasteiger partial charge in [-0.3, -0.25) is 9.89 Å². The van der Waals surface area contributed by atoms with Crippen LogP contribution in [-0.4, -0.2) is 27.1 Å². The Kier molecular flexibility index (Phi) is 5.88. The number of hydrogen-bond donors (Lipinski definition) is 4. The van der Waals surface area contributed by atoms with Gasteiger partial charge in [-0.2, -0.15) is 18.3 Å². The van der Waals surface area contributed by atoms with Gasteiger partial charge in [-0.15, -0.1) is 0 Å². The normalized spacial score (nSPS) is 11.3. The lowest BCUT2D eigenvalue weighted by molar-refractivity contribution is -0.137. The van der Waals surface area contributed by atoms with Crippen LogP contribution >= 0.6 is 11.6 Å². The van der Waals surface area contributed by atoms with Crippen LogP contribution in [0, 0.1) is 0 Å². The summed E-state index contributed by atoms with van der Waals surface area (Å²) in [6.07, 6.45) is -1.58. The van der Waals surface area contributed by atoms with Gasteiger partial charge in [0.2, 0.25) is 0 Å². The summed E-state index contributed by atoms with van der Waals surface area (Å²) in [4.78, 5) is 28.7. The first-order valence-electron chi connectivity index (χ1n) is 9.34. The highest BCUT2D eigenvalue weighted by Gasteiger charge is 2.33. The van der Waals surface area contributed by atoms with E-state index in [0.29, 0.717) is 22.6 Å². The smallest absolute Gasteiger partial charge is 0.321 e. The quantitative estimate of drug-likeness (QED) is 0.311. The number of hydrogen-bond acceptors (Lipinski definition) is 4. The van der Waals surface area contributed by atoms with E-state index in [0.717, 1.165) is 17.5 Å². The van der Waals surface area contributed by atoms with Gasteiger partial charge in [-0.25, -0.2) is 9.78 Å². The van der Waals surface area contributed by atoms with E-state index in [1.165, 1.54) is 36.5 Å². The van der Waals surface area contributed by atoms with Crippen molar-refractivity contribution in [1.82, 2.24) is 15.2 Å². The monoisotopic (exact) mass is 474 g/mol. The van der Waals surface area contributed by atoms with Crippen molar-refractivity contribution in [3.63, 3.8) is 0 Å². The van der Waals surface area contributed by atoms with Gasteiger partial charge in [0.15, 0.2) is 5.65 Å². The minimum Gasteiger partial charge on any atom is -0.321 e. The predicted molar refractivity (Wildman–Crippen MR) is 117 cm³/mol. The van der Waals surface area contributed by atoms with Gasteiger partial charge in [-0.1, -0.05) is 11.6 Å². The molecule has 0 unspecified atom stereocenters. The topological polar surface area (TPSA) is 112 Å². The summed E-state index contributed by atoms with van der Waals surface area (Å²) in [5.41, 5.74) is 0.589. The number of alkyl halides is 3. The Morgan fingerprint density at radius 3 is 2.30 bits per heavy atom. The number of nitrogens with one attached hydrogen (secondary N) is 4. The summed E-state index contributed by atoms with van der Waals surface area (Å²) >= 11 is 5.57. The van der Waals surface area contributed by atoms with E-state index in [4.69, 9.17) is 11.6 Å². The van der Waals surface area contributed by atoms with E-state index < -0.39 is 28.7 Å². The minimum absolute atomic E-state index is 0.0802. The van der Waals surface area contributed by atoms with Crippen molar-refractivity contribution in [2.75, 3.05) is 16.0 Å². The molecule has 8 nitrogen and oxygen atoms in total. The summed E-state index contributed by atoms with van der Waals surface area (Å²) in [6, 6.07) is 9.92. The largest absolute Gasteiger partial charge is 0.417 e. The standard InChI is InChI=1S/C21H14ClF3N6O2/c22-17-6-5-14(8-16(17)21(23,24)25)30-20(33)29-13-3-1-11(2-4-13)19(32)28-15-7-12-9-27-31-18(12)26-10-15/h1-10H,(H,28,32)(H,26,27,31)(H2,29,30,33). The number of rotatable bonds is 4. The van der Waals surface area contributed by atoms with E-state index in [2.05, 4.69) is 31.1 Å². The SMILES string of the molecule is O=C(Nc1ccc(C(=O)Nc2cnc3[nH]ncc3c2)cc1)Nc1ccc(Cl)c(C(F)(F)F)c1. The molecule has 4 N–H and O–H groups in total. The maximum atomic E-state index is 13.0. The van der Waals surface area contributed by atoms with Crippen LogP contribution in [0.25, 0.3) is 11.0 Å². The number of fused-ring (bicyclic) bond motifs is 1. The second-order valence-electron chi connectivity index (χ2n) is 6.83. The molecule has 2 aromatic heterocycles. The maximum absolute atomic E-state index is 13.0. The number of pyridine rings is 1. The van der Waals surface area contributed by atoms with Gasteiger partial charge >= 0.3 is 12.2 Å². The van der Waals surface area contributed by atoms with Gasteiger partial charge in [0.1, 0.15) is 0 Å². The molecule has 0 radical (unpaired) electrons. The van der Waals surface area contributed by atoms with Gasteiger partial charge in [-0.05, 0) is 48.5 Å². The summed E-state index contributed by atoms with van der Waals surface area (Å²) < 4.78 is 38.9. The molecule has 0 spiro atoms. The fourth-order valence-electron chi connectivity index (χ4n) is 2.93. The Hall–Kier alpha value is -4.12. The van der Waals surface area contributed by atoms with Gasteiger partial charge in [0.05, 0.1) is 28.7 Å². The molecular formula is C21H14ClF3N6O2. The molecule has 2 aromatic carbocycles. The number of urea groups is 1. The van der Waals surface area contributed by atoms with Crippen molar-refractivity contribution in [1.29, 1.82) is 0 Å². The zero-order valence-corrected chi connectivity index (χ0v) is 17.3. The Bertz CT molecular complexity index is 1340. The van der Waals surface area contributed by atoms with Crippen LogP contribution in [0.15, 0.2) is 60.9 Å². The van der Waals surface area contributed by atoms with Gasteiger partial charge in [0.25, 0.3) is 5.91 Å². The summed E-state index contributed by atoms with van der Waals surface area (Å²) in [5.74, 6) is -0.392. The molecule has 3 amide bonds. The van der Waals surface area contributed by atoms with E-state index in [1.54, 1.807) is 12.3 Å². The average molecular weight is 475 g/mol. The van der Waals surface area contributed by atoms with Crippen LogP contribution in [0.4, 0.5) is 35.0 Å². The molecule has 0 atom stereocenters. The zero-order valence-electron chi connectivity index (χ0n) is 16.5. The fourth-order valence-corrected chi connectivity index (χ4v) is 3.15. The van der Waals surface area contributed by atoms with Crippen LogP contribution < -0.4 is 16.0 Å². The number of aromatic amines is 1. The Labute approximate surface area is 189 Å². The van der Waals surface area contributed by atoms with Crippen molar-refractivity contribution in [2.24, 2.45) is 0 Å². The third-order valence-electron chi connectivity index (χ3n) is 4.48. The second-order valence-corrected chi connectivity index (χ2v) is 7.24. The van der Waals surface area contributed by atoms with Crippen LogP contribution in [0.2, 0.25) is 5.02 Å². The van der Waals surface area contributed by atoms with E-state index >= 15 is 0 Å². The van der Waals surface area contributed by atoms with Crippen molar-refractivity contribution in [3.05, 3.63) is 77.1 Å². The molecule has 0 aliphatic heterocycles. The molecule has 0 saturated heterocycles. The Morgan fingerprint density at radius 2 is 1.58 bits per heavy atom. The first kappa shape index (κ1) is 22.1. The molecular weight excluding hydrogens is 461 g/mol. The molecule has 4 aromatic rings. The van der Waals surface area contributed by atoms with Crippen LogP contribution in [0.1, 0.15) is 15.9 Å². The lowest BCUT2D eigenvalue weighted by Gasteiger charge is -2.12. The second kappa shape index (κ2) is 8.79. The minimum atomic E-state index is -4.65. The molecule has 168 valence electrons. The highest BCUT2D eigenvalue weighted by atomic mass is 35.5. The summed E-state index contributed by atoms with van der Waals surface area (Å²) in [5, 5.41) is 14.3. The summed E-state index contributed by atoms with van der Waals surface area (Å²) in [7, 11) is 0. The molecule has 0 saturated carbocycles. The summed E-state index contributed by atoms with van der Waals surface area (Å²) in [6.45, 7) is 0. The molecule has 0 aliphatic carbocycles. The molecule has 2 heterocycles. The van der Waals surface area contributed by atoms with Gasteiger partial charge in [0, 0.05) is 22.3 Å². The highest BCUT2D eigenvalue weighted by Crippen LogP contribution is 2.36. The number of aromatic nitrogens is 3. The van der Waals surface area contributed by atoms with E-state index in [9.17, 15) is 22.8 Å². The first-order valence-corrected chi connectivity index (χ1v) is 9.72. The molecule has 0 aliphatic rings. The number of nitrogens with zero attached hydrogens (tertiary/aromatic N) is 2. The van der Waals surface area contributed by atoms with Gasteiger partial charge < -0.3 is 16.0 Å². The highest BCUT2D eigenvalue weighted by molar-refractivity contribution is 6.31. The number of halogens is 4. The number of benzene rings is 2. The van der Waals surface area contributed by atoms with E-state index in [1.807, 2.05) is 0 Å². The Balaban J connectivity index is 1.38. The number of amides is 3. The lowest BCUT2D eigenvalue weighted by atomic mass is 10.2. The molecule has 0 fully saturated rings. The number of H-pyrrole nitrogens is 1. The molecule has 12 heteroatoms. The molecule has 4 rings (SSSR count). The zero-order chi connectivity index (χ0) is 23.6. The Morgan fingerprint density at radius 1 is 0.879 bits per heavy atom. The number of carbonyl (C=O) groups excluding carboxylic acids is 2. The van der Waals surface area contributed by atoms with Crippen LogP contribution in [-0.2, 0) is 6.18 Å². The lowest BCUT2D eigenvalue weighted by Crippen LogP contribution is -2.20. The van der Waals surface area contributed by atoms with E-state index in [-0.39, 0.29) is 5.69 Å². The molecule has 33 heavy (non-hydrogen) atoms. The first-order chi connectivity index (χ1) is 15.7. The fraction of sp³-hybridized carbons (Fsp3) is 0.0476. The number of anilines is 3. The predicted octanol–water partition coefficient (Wildman–Crippen LogP) is 5.53. The molecule has 0 bridgehead atoms. The van der Waals surface area contributed by atoms with Crippen LogP contribution in [0.3, 0.4) is 0 Å². The third kappa shape index (κ3) is 5.21. The van der Waals surface area contributed by atoms with Crippen LogP contribution in [0.5, 0.6) is 0 Å².